The van der Waals surface area contributed by atoms with Gasteiger partial charge in [-0.25, -0.2) is 0 Å². The molecule has 9 nitrogen and oxygen atoms in total. The number of aliphatic hydroxyl groups is 3. The summed E-state index contributed by atoms with van der Waals surface area (Å²) in [7, 11) is 1.80. The Hall–Kier alpha value is -1.26. The van der Waals surface area contributed by atoms with Crippen molar-refractivity contribution in [3.8, 4) is 0 Å². The van der Waals surface area contributed by atoms with E-state index >= 15 is 0 Å². The molecule has 3 unspecified atom stereocenters. The van der Waals surface area contributed by atoms with Crippen LogP contribution >= 0.6 is 0 Å². The van der Waals surface area contributed by atoms with E-state index < -0.39 is 24.9 Å². The highest BCUT2D eigenvalue weighted by Gasteiger charge is 2.21. The quantitative estimate of drug-likeness (QED) is 0.0418. The molecule has 0 saturated carbocycles. The molecule has 0 heterocycles. The fourth-order valence-electron chi connectivity index (χ4n) is 6.43. The van der Waals surface area contributed by atoms with Gasteiger partial charge in [0.15, 0.2) is 0 Å². The van der Waals surface area contributed by atoms with Gasteiger partial charge in [0.2, 0.25) is 0 Å². The van der Waals surface area contributed by atoms with Gasteiger partial charge in [0.1, 0.15) is 18.8 Å². The lowest BCUT2D eigenvalue weighted by Gasteiger charge is -2.26. The fourth-order valence-corrected chi connectivity index (χ4v) is 6.43. The van der Waals surface area contributed by atoms with E-state index in [9.17, 15) is 19.8 Å². The van der Waals surface area contributed by atoms with Crippen LogP contribution < -0.4 is 0 Å². The van der Waals surface area contributed by atoms with Gasteiger partial charge in [-0.2, -0.15) is 0 Å². The van der Waals surface area contributed by atoms with Crippen molar-refractivity contribution in [1.29, 1.82) is 0 Å². The largest absolute Gasteiger partial charge is 0.462 e. The van der Waals surface area contributed by atoms with Crippen molar-refractivity contribution in [2.75, 3.05) is 46.6 Å². The normalized spacial score (nSPS) is 13.4. The summed E-state index contributed by atoms with van der Waals surface area (Å²) in [4.78, 5) is 27.1. The monoisotopic (exact) mass is 730 g/mol. The molecule has 3 atom stereocenters. The average molecular weight is 730 g/mol. The molecule has 9 heteroatoms. The highest BCUT2D eigenvalue weighted by atomic mass is 16.6. The number of hydrogen-bond donors (Lipinski definition) is 3. The minimum Gasteiger partial charge on any atom is -0.462 e. The smallest absolute Gasteiger partial charge is 0.306 e. The van der Waals surface area contributed by atoms with E-state index in [1.165, 1.54) is 128 Å². The SMILES string of the molecule is CCCCCCCCCCCCCCCC(=O)OCC(CN(C)CC(O)COCC(O)CO)OC(=O)CCCCCCCCCCCCCCC. The maximum absolute atomic E-state index is 12.8. The van der Waals surface area contributed by atoms with Gasteiger partial charge in [-0.1, -0.05) is 168 Å². The highest BCUT2D eigenvalue weighted by molar-refractivity contribution is 5.70. The van der Waals surface area contributed by atoms with Crippen LogP contribution in [0.2, 0.25) is 0 Å². The molecular formula is C42H83NO8. The number of nitrogens with zero attached hydrogens (tertiary/aromatic N) is 1. The molecule has 0 aromatic carbocycles. The van der Waals surface area contributed by atoms with Crippen molar-refractivity contribution in [1.82, 2.24) is 4.90 Å². The third-order valence-electron chi connectivity index (χ3n) is 9.57. The summed E-state index contributed by atoms with van der Waals surface area (Å²) in [6.45, 7) is 4.57. The predicted molar refractivity (Wildman–Crippen MR) is 209 cm³/mol. The Bertz CT molecular complexity index is 754. The first-order valence-corrected chi connectivity index (χ1v) is 21.4. The number of carbonyl (C=O) groups is 2. The van der Waals surface area contributed by atoms with Crippen molar-refractivity contribution < 1.29 is 39.1 Å². The Kier molecular flexibility index (Phi) is 37.5. The zero-order valence-electron chi connectivity index (χ0n) is 33.6. The van der Waals surface area contributed by atoms with Crippen molar-refractivity contribution in [2.24, 2.45) is 0 Å². The molecule has 0 fully saturated rings. The van der Waals surface area contributed by atoms with Gasteiger partial charge >= 0.3 is 11.9 Å². The summed E-state index contributed by atoms with van der Waals surface area (Å²) < 4.78 is 16.6. The molecule has 0 rings (SSSR count). The molecule has 0 spiro atoms. The molecule has 3 N–H and O–H groups in total. The minimum absolute atomic E-state index is 0.000980. The third-order valence-corrected chi connectivity index (χ3v) is 9.57. The zero-order chi connectivity index (χ0) is 37.6. The van der Waals surface area contributed by atoms with Gasteiger partial charge < -0.3 is 29.5 Å². The molecule has 0 radical (unpaired) electrons. The maximum Gasteiger partial charge on any atom is 0.306 e. The Balaban J connectivity index is 4.38. The first-order valence-electron chi connectivity index (χ1n) is 21.4. The summed E-state index contributed by atoms with van der Waals surface area (Å²) in [5.74, 6) is -0.556. The van der Waals surface area contributed by atoms with Crippen LogP contribution in [0.15, 0.2) is 0 Å². The van der Waals surface area contributed by atoms with E-state index in [2.05, 4.69) is 13.8 Å². The summed E-state index contributed by atoms with van der Waals surface area (Å²) in [5.41, 5.74) is 0. The molecular weight excluding hydrogens is 646 g/mol. The standard InChI is InChI=1S/C42H83NO8/c1-4-6-8-10-12-14-16-18-20-22-24-26-28-30-41(47)50-37-40(33-43(3)32-38(45)35-49-36-39(46)34-44)51-42(48)31-29-27-25-23-21-19-17-15-13-11-9-7-5-2/h38-40,44-46H,4-37H2,1-3H3. The molecule has 0 aromatic rings. The molecule has 0 bridgehead atoms. The number of hydrogen-bond acceptors (Lipinski definition) is 9. The second kappa shape index (κ2) is 38.5. The Morgan fingerprint density at radius 2 is 0.882 bits per heavy atom. The number of esters is 2. The van der Waals surface area contributed by atoms with E-state index in [1.807, 2.05) is 4.90 Å². The van der Waals surface area contributed by atoms with Crippen LogP contribution in [-0.2, 0) is 23.8 Å². The predicted octanol–water partition coefficient (Wildman–Crippen LogP) is 9.07. The van der Waals surface area contributed by atoms with Crippen LogP contribution in [0.3, 0.4) is 0 Å². The van der Waals surface area contributed by atoms with Crippen molar-refractivity contribution >= 4 is 11.9 Å². The second-order valence-corrected chi connectivity index (χ2v) is 15.0. The van der Waals surface area contributed by atoms with E-state index in [0.29, 0.717) is 19.4 Å². The molecule has 304 valence electrons. The first kappa shape index (κ1) is 49.7. The van der Waals surface area contributed by atoms with Gasteiger partial charge in [-0.05, 0) is 19.9 Å². The number of ether oxygens (including phenoxy) is 3. The molecule has 0 aliphatic carbocycles. The molecule has 0 aliphatic heterocycles. The van der Waals surface area contributed by atoms with Crippen LogP contribution in [0, 0.1) is 0 Å². The van der Waals surface area contributed by atoms with E-state index in [-0.39, 0.29) is 38.3 Å². The summed E-state index contributed by atoms with van der Waals surface area (Å²) >= 11 is 0. The van der Waals surface area contributed by atoms with Crippen LogP contribution in [0.4, 0.5) is 0 Å². The van der Waals surface area contributed by atoms with Crippen LogP contribution in [-0.4, -0.2) is 97.0 Å². The maximum atomic E-state index is 12.8. The van der Waals surface area contributed by atoms with Crippen molar-refractivity contribution in [3.63, 3.8) is 0 Å². The van der Waals surface area contributed by atoms with Crippen LogP contribution in [0.5, 0.6) is 0 Å². The van der Waals surface area contributed by atoms with Gasteiger partial charge in [0.05, 0.1) is 25.9 Å². The summed E-state index contributed by atoms with van der Waals surface area (Å²) in [5, 5.41) is 28.7. The van der Waals surface area contributed by atoms with E-state index in [0.717, 1.165) is 38.5 Å². The van der Waals surface area contributed by atoms with Gasteiger partial charge in [-0.15, -0.1) is 0 Å². The zero-order valence-corrected chi connectivity index (χ0v) is 33.6. The number of carbonyl (C=O) groups excluding carboxylic acids is 2. The lowest BCUT2D eigenvalue weighted by atomic mass is 10.0. The second-order valence-electron chi connectivity index (χ2n) is 15.0. The van der Waals surface area contributed by atoms with Gasteiger partial charge in [0.25, 0.3) is 0 Å². The lowest BCUT2D eigenvalue weighted by Crippen LogP contribution is -2.41. The number of aliphatic hydroxyl groups excluding tert-OH is 3. The first-order chi connectivity index (χ1) is 24.8. The topological polar surface area (TPSA) is 126 Å². The fraction of sp³-hybridized carbons (Fsp3) is 0.952. The van der Waals surface area contributed by atoms with Crippen LogP contribution in [0.1, 0.15) is 194 Å². The van der Waals surface area contributed by atoms with Gasteiger partial charge in [-0.3, -0.25) is 14.5 Å². The summed E-state index contributed by atoms with van der Waals surface area (Å²) in [6, 6.07) is 0. The Morgan fingerprint density at radius 1 is 0.510 bits per heavy atom. The van der Waals surface area contributed by atoms with Crippen molar-refractivity contribution in [2.45, 2.75) is 212 Å². The minimum atomic E-state index is -0.983. The average Bonchev–Trinajstić information content (AvgIpc) is 3.11. The van der Waals surface area contributed by atoms with Crippen molar-refractivity contribution in [3.05, 3.63) is 0 Å². The lowest BCUT2D eigenvalue weighted by molar-refractivity contribution is -0.160. The highest BCUT2D eigenvalue weighted by Crippen LogP contribution is 2.15. The Labute approximate surface area is 314 Å². The Morgan fingerprint density at radius 3 is 1.29 bits per heavy atom. The van der Waals surface area contributed by atoms with E-state index in [1.54, 1.807) is 7.05 Å². The molecule has 0 aromatic heterocycles. The number of unbranched alkanes of at least 4 members (excludes halogenated alkanes) is 24. The number of rotatable bonds is 40. The van der Waals surface area contributed by atoms with Crippen LogP contribution in [0.25, 0.3) is 0 Å². The molecule has 0 saturated heterocycles. The molecule has 51 heavy (non-hydrogen) atoms. The summed E-state index contributed by atoms with van der Waals surface area (Å²) in [6.07, 6.45) is 30.6. The number of likely N-dealkylation sites (N-methyl/N-ethyl adjacent to an activating group) is 1. The molecule has 0 amide bonds. The third kappa shape index (κ3) is 36.9. The van der Waals surface area contributed by atoms with Gasteiger partial charge in [0, 0.05) is 25.9 Å². The van der Waals surface area contributed by atoms with E-state index in [4.69, 9.17) is 19.3 Å². The molecule has 0 aliphatic rings.